The minimum Gasteiger partial charge on any atom is -0.497 e. The average Bonchev–Trinajstić information content (AvgIpc) is 2.54. The van der Waals surface area contributed by atoms with Crippen LogP contribution in [-0.4, -0.2) is 20.0 Å². The zero-order valence-electron chi connectivity index (χ0n) is 12.2. The van der Waals surface area contributed by atoms with Crippen LogP contribution in [0.25, 0.3) is 0 Å². The van der Waals surface area contributed by atoms with Gasteiger partial charge in [-0.1, -0.05) is 30.3 Å². The summed E-state index contributed by atoms with van der Waals surface area (Å²) >= 11 is 0. The molecule has 0 radical (unpaired) electrons. The zero-order chi connectivity index (χ0) is 15.2. The number of ketones is 1. The van der Waals surface area contributed by atoms with Gasteiger partial charge in [0.05, 0.1) is 14.2 Å². The van der Waals surface area contributed by atoms with Crippen LogP contribution in [0.2, 0.25) is 0 Å². The molecule has 4 nitrogen and oxygen atoms in total. The Kier molecular flexibility index (Phi) is 4.95. The Morgan fingerprint density at radius 2 is 1.62 bits per heavy atom. The second kappa shape index (κ2) is 6.90. The van der Waals surface area contributed by atoms with Crippen LogP contribution in [0, 0.1) is 0 Å². The predicted molar refractivity (Wildman–Crippen MR) is 81.9 cm³/mol. The van der Waals surface area contributed by atoms with Crippen LogP contribution in [0.3, 0.4) is 0 Å². The van der Waals surface area contributed by atoms with E-state index in [1.165, 1.54) is 0 Å². The first kappa shape index (κ1) is 15.1. The Morgan fingerprint density at radius 1 is 1.05 bits per heavy atom. The minimum atomic E-state index is -0.323. The van der Waals surface area contributed by atoms with Crippen LogP contribution >= 0.6 is 0 Å². The maximum atomic E-state index is 12.4. The molecule has 2 rings (SSSR count). The number of benzene rings is 2. The lowest BCUT2D eigenvalue weighted by atomic mass is 9.98. The van der Waals surface area contributed by atoms with E-state index in [1.807, 2.05) is 30.3 Å². The largest absolute Gasteiger partial charge is 0.497 e. The van der Waals surface area contributed by atoms with Crippen molar-refractivity contribution >= 4 is 5.78 Å². The van der Waals surface area contributed by atoms with Gasteiger partial charge < -0.3 is 15.2 Å². The van der Waals surface area contributed by atoms with Gasteiger partial charge in [-0.05, 0) is 17.7 Å². The molecule has 110 valence electrons. The van der Waals surface area contributed by atoms with Crippen LogP contribution in [0.1, 0.15) is 28.4 Å². The number of hydrogen-bond acceptors (Lipinski definition) is 4. The second-order valence-corrected chi connectivity index (χ2v) is 4.75. The first-order chi connectivity index (χ1) is 10.1. The number of Topliss-reactive ketones (excluding diaryl/α,β-unsaturated/α-hetero) is 1. The van der Waals surface area contributed by atoms with E-state index >= 15 is 0 Å². The van der Waals surface area contributed by atoms with Crippen molar-refractivity contribution in [3.63, 3.8) is 0 Å². The molecule has 1 atom stereocenters. The van der Waals surface area contributed by atoms with Gasteiger partial charge in [-0.15, -0.1) is 0 Å². The molecule has 0 aliphatic carbocycles. The summed E-state index contributed by atoms with van der Waals surface area (Å²) in [6.07, 6.45) is 0.236. The lowest BCUT2D eigenvalue weighted by Gasteiger charge is -2.12. The second-order valence-electron chi connectivity index (χ2n) is 4.75. The molecule has 2 N–H and O–H groups in total. The molecule has 4 heteroatoms. The molecule has 0 saturated heterocycles. The summed E-state index contributed by atoms with van der Waals surface area (Å²) in [5.74, 6) is 1.14. The summed E-state index contributed by atoms with van der Waals surface area (Å²) in [6, 6.07) is 14.4. The lowest BCUT2D eigenvalue weighted by molar-refractivity contribution is 0.0973. The van der Waals surface area contributed by atoms with E-state index in [1.54, 1.807) is 32.4 Å². The third kappa shape index (κ3) is 3.83. The molecular weight excluding hydrogens is 266 g/mol. The maximum Gasteiger partial charge on any atom is 0.165 e. The molecule has 21 heavy (non-hydrogen) atoms. The number of carbonyl (C=O) groups is 1. The SMILES string of the molecule is COc1cc(OC)cc(C(=O)CC(N)c2ccccc2)c1. The summed E-state index contributed by atoms with van der Waals surface area (Å²) in [5.41, 5.74) is 7.58. The fourth-order valence-corrected chi connectivity index (χ4v) is 2.10. The first-order valence-corrected chi connectivity index (χ1v) is 6.71. The molecule has 0 aliphatic rings. The van der Waals surface area contributed by atoms with E-state index in [2.05, 4.69) is 0 Å². The fourth-order valence-electron chi connectivity index (χ4n) is 2.10. The predicted octanol–water partition coefficient (Wildman–Crippen LogP) is 2.98. The lowest BCUT2D eigenvalue weighted by Crippen LogP contribution is -2.15. The van der Waals surface area contributed by atoms with Gasteiger partial charge in [-0.25, -0.2) is 0 Å². The van der Waals surface area contributed by atoms with Crippen molar-refractivity contribution in [2.45, 2.75) is 12.5 Å². The smallest absolute Gasteiger partial charge is 0.165 e. The molecule has 0 saturated carbocycles. The quantitative estimate of drug-likeness (QED) is 0.829. The Hall–Kier alpha value is -2.33. The molecule has 0 aliphatic heterocycles. The molecule has 0 bridgehead atoms. The summed E-state index contributed by atoms with van der Waals surface area (Å²) in [5, 5.41) is 0. The van der Waals surface area contributed by atoms with Gasteiger partial charge in [-0.3, -0.25) is 4.79 Å². The van der Waals surface area contributed by atoms with Crippen molar-refractivity contribution in [2.75, 3.05) is 14.2 Å². The fraction of sp³-hybridized carbons (Fsp3) is 0.235. The molecule has 1 unspecified atom stereocenters. The summed E-state index contributed by atoms with van der Waals surface area (Å²) in [7, 11) is 3.11. The Balaban J connectivity index is 2.16. The number of rotatable bonds is 6. The van der Waals surface area contributed by atoms with Gasteiger partial charge in [0.25, 0.3) is 0 Å². The van der Waals surface area contributed by atoms with E-state index < -0.39 is 0 Å². The highest BCUT2D eigenvalue weighted by atomic mass is 16.5. The topological polar surface area (TPSA) is 61.5 Å². The number of hydrogen-bond donors (Lipinski definition) is 1. The highest BCUT2D eigenvalue weighted by Gasteiger charge is 2.15. The average molecular weight is 285 g/mol. The van der Waals surface area contributed by atoms with Gasteiger partial charge >= 0.3 is 0 Å². The van der Waals surface area contributed by atoms with Gasteiger partial charge in [0, 0.05) is 24.1 Å². The first-order valence-electron chi connectivity index (χ1n) is 6.71. The summed E-state index contributed by atoms with van der Waals surface area (Å²) < 4.78 is 10.3. The van der Waals surface area contributed by atoms with E-state index in [0.717, 1.165) is 5.56 Å². The maximum absolute atomic E-state index is 12.4. The standard InChI is InChI=1S/C17H19NO3/c1-20-14-8-13(9-15(10-14)21-2)17(19)11-16(18)12-6-4-3-5-7-12/h3-10,16H,11,18H2,1-2H3. The van der Waals surface area contributed by atoms with Crippen molar-refractivity contribution in [3.05, 3.63) is 59.7 Å². The van der Waals surface area contributed by atoms with Gasteiger partial charge in [0.2, 0.25) is 0 Å². The molecule has 0 spiro atoms. The van der Waals surface area contributed by atoms with Crippen LogP contribution in [0.15, 0.2) is 48.5 Å². The Labute approximate surface area is 124 Å². The number of nitrogens with two attached hydrogens (primary N) is 1. The van der Waals surface area contributed by atoms with Crippen molar-refractivity contribution in [3.8, 4) is 11.5 Å². The van der Waals surface area contributed by atoms with Crippen LogP contribution in [-0.2, 0) is 0 Å². The summed E-state index contributed by atoms with van der Waals surface area (Å²) in [6.45, 7) is 0. The number of methoxy groups -OCH3 is 2. The van der Waals surface area contributed by atoms with E-state index in [4.69, 9.17) is 15.2 Å². The monoisotopic (exact) mass is 285 g/mol. The van der Waals surface area contributed by atoms with Crippen LogP contribution < -0.4 is 15.2 Å². The van der Waals surface area contributed by atoms with Crippen molar-refractivity contribution < 1.29 is 14.3 Å². The molecule has 2 aromatic rings. The van der Waals surface area contributed by atoms with E-state index in [9.17, 15) is 4.79 Å². The molecule has 0 fully saturated rings. The molecular formula is C17H19NO3. The van der Waals surface area contributed by atoms with Crippen LogP contribution in [0.4, 0.5) is 0 Å². The van der Waals surface area contributed by atoms with Crippen LogP contribution in [0.5, 0.6) is 11.5 Å². The van der Waals surface area contributed by atoms with E-state index in [-0.39, 0.29) is 18.2 Å². The molecule has 0 heterocycles. The molecule has 2 aromatic carbocycles. The minimum absolute atomic E-state index is 0.0384. The number of carbonyl (C=O) groups excluding carboxylic acids is 1. The Morgan fingerprint density at radius 3 is 2.14 bits per heavy atom. The van der Waals surface area contributed by atoms with Gasteiger partial charge in [-0.2, -0.15) is 0 Å². The highest BCUT2D eigenvalue weighted by Crippen LogP contribution is 2.25. The zero-order valence-corrected chi connectivity index (χ0v) is 12.2. The van der Waals surface area contributed by atoms with Crippen molar-refractivity contribution in [1.29, 1.82) is 0 Å². The summed E-state index contributed by atoms with van der Waals surface area (Å²) in [4.78, 5) is 12.4. The normalized spacial score (nSPS) is 11.8. The van der Waals surface area contributed by atoms with Crippen molar-refractivity contribution in [2.24, 2.45) is 5.73 Å². The van der Waals surface area contributed by atoms with Crippen molar-refractivity contribution in [1.82, 2.24) is 0 Å². The molecule has 0 aromatic heterocycles. The highest BCUT2D eigenvalue weighted by molar-refractivity contribution is 5.97. The molecule has 0 amide bonds. The number of ether oxygens (including phenoxy) is 2. The third-order valence-corrected chi connectivity index (χ3v) is 3.31. The Bertz CT molecular complexity index is 588. The third-order valence-electron chi connectivity index (χ3n) is 3.31. The van der Waals surface area contributed by atoms with Gasteiger partial charge in [0.15, 0.2) is 5.78 Å². The van der Waals surface area contributed by atoms with Gasteiger partial charge in [0.1, 0.15) is 11.5 Å². The van der Waals surface area contributed by atoms with E-state index in [0.29, 0.717) is 17.1 Å².